The maximum absolute atomic E-state index is 14.5. The summed E-state index contributed by atoms with van der Waals surface area (Å²) in [6, 6.07) is 11.7. The summed E-state index contributed by atoms with van der Waals surface area (Å²) in [5, 5.41) is 4.88. The van der Waals surface area contributed by atoms with E-state index in [0.717, 1.165) is 10.1 Å². The van der Waals surface area contributed by atoms with Crippen LogP contribution in [0.5, 0.6) is 0 Å². The fourth-order valence-electron chi connectivity index (χ4n) is 4.59. The predicted molar refractivity (Wildman–Crippen MR) is 146 cm³/mol. The van der Waals surface area contributed by atoms with Crippen molar-refractivity contribution in [2.75, 3.05) is 5.32 Å². The zero-order valence-electron chi connectivity index (χ0n) is 23.4. The summed E-state index contributed by atoms with van der Waals surface area (Å²) in [5.74, 6) is -3.60. The van der Waals surface area contributed by atoms with Gasteiger partial charge in [-0.05, 0) is 36.2 Å². The molecule has 1 aromatic heterocycles. The summed E-state index contributed by atoms with van der Waals surface area (Å²) in [6.07, 6.45) is -4.24. The minimum Gasteiger partial charge on any atom is -0.444 e. The van der Waals surface area contributed by atoms with Gasteiger partial charge < -0.3 is 19.0 Å². The van der Waals surface area contributed by atoms with E-state index >= 15 is 0 Å². The Morgan fingerprint density at radius 1 is 1.03 bits per heavy atom. The molecule has 0 aliphatic heterocycles. The summed E-state index contributed by atoms with van der Waals surface area (Å²) >= 11 is 0. The molecule has 2 rings (SSSR count). The van der Waals surface area contributed by atoms with Gasteiger partial charge in [0.1, 0.15) is 30.5 Å². The Bertz CT molecular complexity index is 1170. The number of ether oxygens (including phenoxy) is 1. The molecule has 2 aromatic rings. The summed E-state index contributed by atoms with van der Waals surface area (Å²) in [5.41, 5.74) is -3.47. The lowest BCUT2D eigenvalue weighted by molar-refractivity contribution is -0.265. The number of rotatable bonds is 10. The lowest BCUT2D eigenvalue weighted by atomic mass is 9.70. The number of carbonyl (C=O) groups excluding carboxylic acids is 2. The highest BCUT2D eigenvalue weighted by Crippen LogP contribution is 2.49. The lowest BCUT2D eigenvalue weighted by Gasteiger charge is -2.51. The van der Waals surface area contributed by atoms with Crippen molar-refractivity contribution in [3.8, 4) is 0 Å². The topological polar surface area (TPSA) is 98.7 Å². The number of pyridine rings is 1. The van der Waals surface area contributed by atoms with Gasteiger partial charge in [0.2, 0.25) is 5.91 Å². The number of benzene rings is 1. The van der Waals surface area contributed by atoms with E-state index in [2.05, 4.69) is 10.6 Å². The standard InChI is InChI=1S/C27H38F3N3O5Si/c1-18(2)26(38-39(6)7,23(25(3,4)5)27(28,29)30)32-21(34)16-33-15-11-14-20(22(33)35)31-24(36)37-17-19-12-9-8-10-13-19/h8-15,18,23,39H,16-17H2,1-7H3,(H,31,36)(H,32,34). The molecule has 8 nitrogen and oxygen atoms in total. The van der Waals surface area contributed by atoms with Crippen molar-refractivity contribution in [2.45, 2.75) is 72.8 Å². The Morgan fingerprint density at radius 3 is 2.15 bits per heavy atom. The van der Waals surface area contributed by atoms with Crippen LogP contribution in [0.25, 0.3) is 0 Å². The van der Waals surface area contributed by atoms with Gasteiger partial charge in [0.25, 0.3) is 5.56 Å². The molecule has 0 saturated heterocycles. The largest absolute Gasteiger partial charge is 0.444 e. The van der Waals surface area contributed by atoms with Gasteiger partial charge in [-0.2, -0.15) is 13.2 Å². The van der Waals surface area contributed by atoms with Crippen LogP contribution in [0.4, 0.5) is 23.7 Å². The van der Waals surface area contributed by atoms with Crippen LogP contribution in [0, 0.1) is 17.3 Å². The Morgan fingerprint density at radius 2 is 1.64 bits per heavy atom. The van der Waals surface area contributed by atoms with E-state index in [1.807, 2.05) is 6.07 Å². The van der Waals surface area contributed by atoms with Crippen molar-refractivity contribution in [1.82, 2.24) is 9.88 Å². The summed E-state index contributed by atoms with van der Waals surface area (Å²) in [6.45, 7) is 10.4. The first-order chi connectivity index (χ1) is 18.0. The van der Waals surface area contributed by atoms with Crippen LogP contribution in [0.1, 0.15) is 40.2 Å². The molecule has 0 aliphatic rings. The van der Waals surface area contributed by atoms with Crippen LogP contribution in [0.3, 0.4) is 0 Å². The minimum atomic E-state index is -4.68. The monoisotopic (exact) mass is 569 g/mol. The van der Waals surface area contributed by atoms with Gasteiger partial charge in [-0.1, -0.05) is 65.0 Å². The summed E-state index contributed by atoms with van der Waals surface area (Å²) < 4.78 is 55.6. The van der Waals surface area contributed by atoms with Crippen molar-refractivity contribution < 1.29 is 31.9 Å². The summed E-state index contributed by atoms with van der Waals surface area (Å²) in [7, 11) is -2.10. The number of amides is 2. The van der Waals surface area contributed by atoms with Gasteiger partial charge in [0.05, 0.1) is 0 Å². The maximum atomic E-state index is 14.5. The molecule has 0 bridgehead atoms. The van der Waals surface area contributed by atoms with Gasteiger partial charge in [-0.15, -0.1) is 0 Å². The van der Waals surface area contributed by atoms with E-state index in [-0.39, 0.29) is 12.3 Å². The molecule has 1 heterocycles. The molecule has 12 heteroatoms. The molecule has 0 saturated carbocycles. The first kappa shape index (κ1) is 32.1. The number of aromatic nitrogens is 1. The molecular formula is C27H38F3N3O5Si. The van der Waals surface area contributed by atoms with Crippen molar-refractivity contribution in [2.24, 2.45) is 17.3 Å². The van der Waals surface area contributed by atoms with Gasteiger partial charge in [-0.25, -0.2) is 4.79 Å². The fourth-order valence-corrected chi connectivity index (χ4v) is 5.84. The number of nitrogens with one attached hydrogen (secondary N) is 2. The molecule has 39 heavy (non-hydrogen) atoms. The van der Waals surface area contributed by atoms with E-state index in [1.165, 1.54) is 39.1 Å². The second kappa shape index (κ2) is 12.8. The number of nitrogens with zero attached hydrogens (tertiary/aromatic N) is 1. The van der Waals surface area contributed by atoms with Gasteiger partial charge in [-0.3, -0.25) is 14.9 Å². The lowest BCUT2D eigenvalue weighted by Crippen LogP contribution is -2.67. The fraction of sp³-hybridized carbons (Fsp3) is 0.519. The third-order valence-electron chi connectivity index (χ3n) is 6.03. The molecule has 2 atom stereocenters. The molecule has 1 aromatic carbocycles. The maximum Gasteiger partial charge on any atom is 0.412 e. The van der Waals surface area contributed by atoms with E-state index < -0.39 is 62.3 Å². The van der Waals surface area contributed by atoms with Crippen molar-refractivity contribution in [3.05, 3.63) is 64.6 Å². The van der Waals surface area contributed by atoms with Crippen LogP contribution in [-0.4, -0.2) is 37.5 Å². The zero-order chi connectivity index (χ0) is 29.6. The first-order valence-electron chi connectivity index (χ1n) is 12.7. The second-order valence-corrected chi connectivity index (χ2v) is 13.4. The van der Waals surface area contributed by atoms with Crippen molar-refractivity contribution in [3.63, 3.8) is 0 Å². The van der Waals surface area contributed by atoms with Crippen molar-refractivity contribution >= 4 is 26.7 Å². The van der Waals surface area contributed by atoms with Gasteiger partial charge in [0, 0.05) is 12.1 Å². The molecule has 2 unspecified atom stereocenters. The highest BCUT2D eigenvalue weighted by molar-refractivity contribution is 6.48. The molecular weight excluding hydrogens is 531 g/mol. The molecule has 2 amide bonds. The normalized spacial score (nSPS) is 14.6. The second-order valence-electron chi connectivity index (χ2n) is 11.0. The molecule has 0 radical (unpaired) electrons. The van der Waals surface area contributed by atoms with E-state index in [4.69, 9.17) is 9.16 Å². The van der Waals surface area contributed by atoms with Crippen LogP contribution in [-0.2, 0) is 27.1 Å². The van der Waals surface area contributed by atoms with E-state index in [1.54, 1.807) is 51.2 Å². The number of carbonyl (C=O) groups is 2. The molecule has 216 valence electrons. The van der Waals surface area contributed by atoms with Crippen LogP contribution < -0.4 is 16.2 Å². The Balaban J connectivity index is 2.29. The SMILES string of the molecule is CC(C)C(NC(=O)Cn1cccc(NC(=O)OCc2ccccc2)c1=O)(O[SiH](C)C)C(C(C)(C)C)C(F)(F)F. The van der Waals surface area contributed by atoms with E-state index in [9.17, 15) is 27.6 Å². The molecule has 0 aliphatic carbocycles. The minimum absolute atomic E-state index is 0.0132. The quantitative estimate of drug-likeness (QED) is 0.299. The van der Waals surface area contributed by atoms with Crippen LogP contribution >= 0.6 is 0 Å². The zero-order valence-corrected chi connectivity index (χ0v) is 24.5. The number of alkyl halides is 3. The number of anilines is 1. The van der Waals surface area contributed by atoms with Gasteiger partial charge >= 0.3 is 12.3 Å². The highest BCUT2D eigenvalue weighted by atomic mass is 28.3. The number of halogens is 3. The van der Waals surface area contributed by atoms with Gasteiger partial charge in [0.15, 0.2) is 9.04 Å². The Labute approximate surface area is 228 Å². The Hall–Kier alpha value is -3.12. The highest BCUT2D eigenvalue weighted by Gasteiger charge is 2.61. The summed E-state index contributed by atoms with van der Waals surface area (Å²) in [4.78, 5) is 38.4. The average molecular weight is 570 g/mol. The smallest absolute Gasteiger partial charge is 0.412 e. The first-order valence-corrected chi connectivity index (χ1v) is 15.5. The average Bonchev–Trinajstić information content (AvgIpc) is 2.78. The van der Waals surface area contributed by atoms with E-state index in [0.29, 0.717) is 0 Å². The number of hydrogen-bond acceptors (Lipinski definition) is 5. The third-order valence-corrected chi connectivity index (χ3v) is 6.89. The van der Waals surface area contributed by atoms with Crippen LogP contribution in [0.2, 0.25) is 13.1 Å². The third kappa shape index (κ3) is 8.69. The molecule has 0 spiro atoms. The van der Waals surface area contributed by atoms with Crippen LogP contribution in [0.15, 0.2) is 53.5 Å². The molecule has 0 fully saturated rings. The molecule has 2 N–H and O–H groups in total. The van der Waals surface area contributed by atoms with Crippen molar-refractivity contribution in [1.29, 1.82) is 0 Å². The number of hydrogen-bond donors (Lipinski definition) is 2. The predicted octanol–water partition coefficient (Wildman–Crippen LogP) is 5.29. The Kier molecular flexibility index (Phi) is 10.5.